The molecule has 1 heterocycles. The topological polar surface area (TPSA) is 58.6 Å². The highest BCUT2D eigenvalue weighted by Gasteiger charge is 2.46. The first-order valence-corrected chi connectivity index (χ1v) is 8.03. The molecule has 2 N–H and O–H groups in total. The molecular formula is C19H19NO3. The van der Waals surface area contributed by atoms with Crippen LogP contribution in [-0.2, 0) is 16.0 Å². The van der Waals surface area contributed by atoms with Gasteiger partial charge in [0.25, 0.3) is 0 Å². The van der Waals surface area contributed by atoms with Crippen molar-refractivity contribution in [3.63, 3.8) is 0 Å². The zero-order valence-electron chi connectivity index (χ0n) is 13.0. The number of carbonyl (C=O) groups is 1. The van der Waals surface area contributed by atoms with E-state index in [0.717, 1.165) is 17.7 Å². The molecule has 1 aliphatic carbocycles. The molecule has 2 aromatic carbocycles. The molecule has 0 saturated carbocycles. The van der Waals surface area contributed by atoms with Gasteiger partial charge in [-0.2, -0.15) is 0 Å². The molecule has 0 radical (unpaired) electrons. The Morgan fingerprint density at radius 2 is 2.09 bits per heavy atom. The molecule has 2 aromatic rings. The molecule has 118 valence electrons. The van der Waals surface area contributed by atoms with Crippen molar-refractivity contribution >= 4 is 11.7 Å². The molecule has 0 bridgehead atoms. The summed E-state index contributed by atoms with van der Waals surface area (Å²) in [5.74, 6) is 0.280. The second-order valence-electron chi connectivity index (χ2n) is 6.19. The zero-order chi connectivity index (χ0) is 16.0. The van der Waals surface area contributed by atoms with Crippen LogP contribution in [0.2, 0.25) is 0 Å². The number of fused-ring (bicyclic) bond motifs is 5. The maximum absolute atomic E-state index is 12.4. The number of esters is 1. The lowest BCUT2D eigenvalue weighted by Gasteiger charge is -2.36. The second kappa shape index (κ2) is 5.30. The first-order valence-electron chi connectivity index (χ1n) is 8.03. The van der Waals surface area contributed by atoms with E-state index in [-0.39, 0.29) is 29.6 Å². The van der Waals surface area contributed by atoms with Gasteiger partial charge in [-0.25, -0.2) is 4.79 Å². The molecular weight excluding hydrogens is 290 g/mol. The summed E-state index contributed by atoms with van der Waals surface area (Å²) in [6.45, 7) is 2.21. The fourth-order valence-corrected chi connectivity index (χ4v) is 4.01. The summed E-state index contributed by atoms with van der Waals surface area (Å²) in [6, 6.07) is 13.3. The third-order valence-electron chi connectivity index (χ3n) is 4.92. The van der Waals surface area contributed by atoms with Gasteiger partial charge in [-0.15, -0.1) is 0 Å². The van der Waals surface area contributed by atoms with E-state index in [1.807, 2.05) is 31.2 Å². The number of benzene rings is 2. The third kappa shape index (κ3) is 2.17. The highest BCUT2D eigenvalue weighted by molar-refractivity contribution is 5.83. The van der Waals surface area contributed by atoms with Crippen LogP contribution in [-0.4, -0.2) is 23.7 Å². The van der Waals surface area contributed by atoms with Crippen molar-refractivity contribution < 1.29 is 14.6 Å². The van der Waals surface area contributed by atoms with Crippen molar-refractivity contribution in [2.45, 2.75) is 25.3 Å². The van der Waals surface area contributed by atoms with Crippen LogP contribution in [0.15, 0.2) is 42.5 Å². The van der Waals surface area contributed by atoms with E-state index in [4.69, 9.17) is 4.74 Å². The molecule has 0 fully saturated rings. The number of carbonyl (C=O) groups excluding carboxylic acids is 1. The molecule has 0 saturated heterocycles. The first kappa shape index (κ1) is 14.1. The fraction of sp³-hybridized carbons (Fsp3) is 0.316. The summed E-state index contributed by atoms with van der Waals surface area (Å²) in [5.41, 5.74) is 4.48. The van der Waals surface area contributed by atoms with Crippen LogP contribution in [0.3, 0.4) is 0 Å². The Morgan fingerprint density at radius 3 is 2.91 bits per heavy atom. The minimum absolute atomic E-state index is 0.112. The predicted molar refractivity (Wildman–Crippen MR) is 87.6 cm³/mol. The SMILES string of the molecule is CCOC(=O)[C@H]1Nc2ccc(O)cc2[C@H]2c3ccccc3C[C@H]21. The van der Waals surface area contributed by atoms with Gasteiger partial charge < -0.3 is 15.2 Å². The van der Waals surface area contributed by atoms with Crippen LogP contribution >= 0.6 is 0 Å². The van der Waals surface area contributed by atoms with Gasteiger partial charge in [-0.3, -0.25) is 0 Å². The highest BCUT2D eigenvalue weighted by atomic mass is 16.5. The van der Waals surface area contributed by atoms with E-state index in [9.17, 15) is 9.90 Å². The summed E-state index contributed by atoms with van der Waals surface area (Å²) in [5, 5.41) is 13.2. The van der Waals surface area contributed by atoms with E-state index >= 15 is 0 Å². The van der Waals surface area contributed by atoms with Gasteiger partial charge in [0.15, 0.2) is 0 Å². The average Bonchev–Trinajstić information content (AvgIpc) is 2.94. The van der Waals surface area contributed by atoms with Crippen LogP contribution in [0.4, 0.5) is 5.69 Å². The summed E-state index contributed by atoms with van der Waals surface area (Å²) in [7, 11) is 0. The van der Waals surface area contributed by atoms with Crippen molar-refractivity contribution in [3.8, 4) is 5.75 Å². The quantitative estimate of drug-likeness (QED) is 0.661. The Morgan fingerprint density at radius 1 is 1.26 bits per heavy atom. The zero-order valence-corrected chi connectivity index (χ0v) is 13.0. The van der Waals surface area contributed by atoms with E-state index < -0.39 is 0 Å². The third-order valence-corrected chi connectivity index (χ3v) is 4.92. The number of nitrogens with one attached hydrogen (secondary N) is 1. The Hall–Kier alpha value is -2.49. The van der Waals surface area contributed by atoms with Crippen LogP contribution in [0.1, 0.15) is 29.5 Å². The molecule has 4 heteroatoms. The lowest BCUT2D eigenvalue weighted by molar-refractivity contribution is -0.145. The average molecular weight is 309 g/mol. The fourth-order valence-electron chi connectivity index (χ4n) is 4.01. The van der Waals surface area contributed by atoms with Gasteiger partial charge in [0.2, 0.25) is 0 Å². The van der Waals surface area contributed by atoms with Gasteiger partial charge in [0.1, 0.15) is 11.8 Å². The Labute approximate surface area is 135 Å². The smallest absolute Gasteiger partial charge is 0.328 e. The first-order chi connectivity index (χ1) is 11.2. The largest absolute Gasteiger partial charge is 0.508 e. The van der Waals surface area contributed by atoms with Gasteiger partial charge >= 0.3 is 5.97 Å². The number of phenolic OH excluding ortho intramolecular Hbond substituents is 1. The van der Waals surface area contributed by atoms with Crippen molar-refractivity contribution in [3.05, 3.63) is 59.2 Å². The summed E-state index contributed by atoms with van der Waals surface area (Å²) >= 11 is 0. The molecule has 0 aromatic heterocycles. The minimum atomic E-state index is -0.357. The second-order valence-corrected chi connectivity index (χ2v) is 6.19. The molecule has 0 amide bonds. The van der Waals surface area contributed by atoms with Crippen molar-refractivity contribution in [2.75, 3.05) is 11.9 Å². The Kier molecular flexibility index (Phi) is 3.26. The number of ether oxygens (including phenoxy) is 1. The summed E-state index contributed by atoms with van der Waals surface area (Å²) in [6.07, 6.45) is 0.840. The number of rotatable bonds is 2. The number of hydrogen-bond acceptors (Lipinski definition) is 4. The van der Waals surface area contributed by atoms with Gasteiger partial charge in [0.05, 0.1) is 6.61 Å². The summed E-state index contributed by atoms with van der Waals surface area (Å²) in [4.78, 5) is 12.4. The van der Waals surface area contributed by atoms with Crippen LogP contribution in [0, 0.1) is 5.92 Å². The Bertz CT molecular complexity index is 771. The normalized spacial score (nSPS) is 24.1. The molecule has 1 aliphatic heterocycles. The van der Waals surface area contributed by atoms with E-state index in [0.29, 0.717) is 6.61 Å². The molecule has 4 nitrogen and oxygen atoms in total. The van der Waals surface area contributed by atoms with Gasteiger partial charge in [-0.1, -0.05) is 24.3 Å². The van der Waals surface area contributed by atoms with Gasteiger partial charge in [0, 0.05) is 17.5 Å². The molecule has 0 unspecified atom stereocenters. The van der Waals surface area contributed by atoms with Crippen LogP contribution < -0.4 is 5.32 Å². The maximum atomic E-state index is 12.4. The summed E-state index contributed by atoms with van der Waals surface area (Å²) < 4.78 is 5.28. The van der Waals surface area contributed by atoms with Crippen molar-refractivity contribution in [2.24, 2.45) is 5.92 Å². The molecule has 4 rings (SSSR count). The lowest BCUT2D eigenvalue weighted by atomic mass is 9.77. The Balaban J connectivity index is 1.84. The number of hydrogen-bond donors (Lipinski definition) is 2. The molecule has 23 heavy (non-hydrogen) atoms. The van der Waals surface area contributed by atoms with E-state index in [2.05, 4.69) is 17.4 Å². The number of aromatic hydroxyl groups is 1. The molecule has 2 aliphatic rings. The van der Waals surface area contributed by atoms with E-state index in [1.165, 1.54) is 11.1 Å². The number of anilines is 1. The maximum Gasteiger partial charge on any atom is 0.328 e. The molecule has 3 atom stereocenters. The predicted octanol–water partition coefficient (Wildman–Crippen LogP) is 3.05. The van der Waals surface area contributed by atoms with Crippen LogP contribution in [0.5, 0.6) is 5.75 Å². The highest BCUT2D eigenvalue weighted by Crippen LogP contribution is 2.50. The van der Waals surface area contributed by atoms with E-state index in [1.54, 1.807) is 6.07 Å². The minimum Gasteiger partial charge on any atom is -0.508 e. The molecule has 0 spiro atoms. The van der Waals surface area contributed by atoms with Crippen molar-refractivity contribution in [1.29, 1.82) is 0 Å². The van der Waals surface area contributed by atoms with Crippen LogP contribution in [0.25, 0.3) is 0 Å². The van der Waals surface area contributed by atoms with Crippen molar-refractivity contribution in [1.82, 2.24) is 0 Å². The standard InChI is InChI=1S/C19H19NO3/c1-2-23-19(22)18-15-9-11-5-3-4-6-13(11)17(15)14-10-12(21)7-8-16(14)20-18/h3-8,10,15,17-18,20-21H,2,9H2,1H3/t15-,17-,18+/m1/s1. The number of phenols is 1. The lowest BCUT2D eigenvalue weighted by Crippen LogP contribution is -2.43. The van der Waals surface area contributed by atoms with Gasteiger partial charge in [-0.05, 0) is 48.2 Å². The monoisotopic (exact) mass is 309 g/mol.